The van der Waals surface area contributed by atoms with Crippen molar-refractivity contribution in [1.82, 2.24) is 9.97 Å². The zero-order valence-electron chi connectivity index (χ0n) is 12.3. The molecule has 0 radical (unpaired) electrons. The highest BCUT2D eigenvalue weighted by molar-refractivity contribution is 6.04. The Balaban J connectivity index is 1.80. The molecule has 0 fully saturated rings. The number of nitrogens with one attached hydrogen (secondary N) is 1. The number of anilines is 1. The lowest BCUT2D eigenvalue weighted by Gasteiger charge is -2.17. The van der Waals surface area contributed by atoms with E-state index in [0.29, 0.717) is 11.4 Å². The monoisotopic (exact) mass is 319 g/mol. The van der Waals surface area contributed by atoms with E-state index in [1.807, 2.05) is 0 Å². The van der Waals surface area contributed by atoms with Gasteiger partial charge in [-0.2, -0.15) is 8.78 Å². The molecule has 0 spiro atoms. The topological polar surface area (TPSA) is 64.1 Å². The Morgan fingerprint density at radius 2 is 2.04 bits per heavy atom. The van der Waals surface area contributed by atoms with Crippen LogP contribution in [-0.2, 0) is 12.8 Å². The molecule has 1 amide bonds. The minimum absolute atomic E-state index is 0.0116. The van der Waals surface area contributed by atoms with Crippen LogP contribution in [0.2, 0.25) is 0 Å². The minimum atomic E-state index is -2.91. The standard InChI is InChI=1S/C16H15F2N3O2/c17-16(18)23-11-5-3-4-10(8-11)21-15(22)14-12-6-1-2-7-13(12)19-9-20-14/h3-5,8-9,16H,1-2,6-7H2,(H,21,22). The first-order chi connectivity index (χ1) is 11.1. The SMILES string of the molecule is O=C(Nc1cccc(OC(F)F)c1)c1ncnc2c1CCCC2. The van der Waals surface area contributed by atoms with Crippen LogP contribution in [0.1, 0.15) is 34.6 Å². The van der Waals surface area contributed by atoms with Crippen LogP contribution < -0.4 is 10.1 Å². The van der Waals surface area contributed by atoms with Crippen LogP contribution >= 0.6 is 0 Å². The summed E-state index contributed by atoms with van der Waals surface area (Å²) in [6.07, 6.45) is 5.05. The summed E-state index contributed by atoms with van der Waals surface area (Å²) in [4.78, 5) is 20.7. The third-order valence-corrected chi connectivity index (χ3v) is 3.66. The lowest BCUT2D eigenvalue weighted by molar-refractivity contribution is -0.0497. The largest absolute Gasteiger partial charge is 0.435 e. The van der Waals surface area contributed by atoms with Crippen LogP contribution in [-0.4, -0.2) is 22.5 Å². The van der Waals surface area contributed by atoms with Crippen molar-refractivity contribution in [3.8, 4) is 5.75 Å². The fraction of sp³-hybridized carbons (Fsp3) is 0.312. The number of aryl methyl sites for hydroxylation is 1. The molecule has 5 nitrogen and oxygen atoms in total. The number of hydrogen-bond acceptors (Lipinski definition) is 4. The Labute approximate surface area is 131 Å². The van der Waals surface area contributed by atoms with E-state index in [1.54, 1.807) is 6.07 Å². The summed E-state index contributed by atoms with van der Waals surface area (Å²) in [6.45, 7) is -2.91. The molecule has 1 aliphatic carbocycles. The normalized spacial score (nSPS) is 13.5. The van der Waals surface area contributed by atoms with E-state index in [4.69, 9.17) is 0 Å². The third-order valence-electron chi connectivity index (χ3n) is 3.66. The summed E-state index contributed by atoms with van der Waals surface area (Å²) >= 11 is 0. The molecule has 0 atom stereocenters. The van der Waals surface area contributed by atoms with Crippen molar-refractivity contribution in [1.29, 1.82) is 0 Å². The fourth-order valence-electron chi connectivity index (χ4n) is 2.66. The molecule has 120 valence electrons. The number of ether oxygens (including phenoxy) is 1. The highest BCUT2D eigenvalue weighted by Crippen LogP contribution is 2.23. The van der Waals surface area contributed by atoms with Crippen LogP contribution in [0.4, 0.5) is 14.5 Å². The molecule has 0 saturated carbocycles. The van der Waals surface area contributed by atoms with Crippen LogP contribution in [0.5, 0.6) is 5.75 Å². The van der Waals surface area contributed by atoms with Crippen LogP contribution in [0.3, 0.4) is 0 Å². The van der Waals surface area contributed by atoms with E-state index in [0.717, 1.165) is 36.9 Å². The Kier molecular flexibility index (Phi) is 4.45. The molecule has 2 aromatic rings. The number of rotatable bonds is 4. The van der Waals surface area contributed by atoms with Gasteiger partial charge in [-0.25, -0.2) is 9.97 Å². The number of aromatic nitrogens is 2. The van der Waals surface area contributed by atoms with Crippen LogP contribution in [0.15, 0.2) is 30.6 Å². The van der Waals surface area contributed by atoms with Crippen molar-refractivity contribution in [3.63, 3.8) is 0 Å². The first-order valence-corrected chi connectivity index (χ1v) is 7.32. The Bertz CT molecular complexity index is 722. The van der Waals surface area contributed by atoms with Crippen molar-refractivity contribution >= 4 is 11.6 Å². The van der Waals surface area contributed by atoms with Gasteiger partial charge >= 0.3 is 6.61 Å². The maximum atomic E-state index is 12.4. The molecular weight excluding hydrogens is 304 g/mol. The summed E-state index contributed by atoms with van der Waals surface area (Å²) in [5.74, 6) is -0.387. The van der Waals surface area contributed by atoms with E-state index in [1.165, 1.54) is 24.5 Å². The van der Waals surface area contributed by atoms with Crippen LogP contribution in [0.25, 0.3) is 0 Å². The lowest BCUT2D eigenvalue weighted by atomic mass is 9.94. The molecule has 1 aromatic heterocycles. The predicted molar refractivity (Wildman–Crippen MR) is 79.7 cm³/mol. The van der Waals surface area contributed by atoms with E-state index >= 15 is 0 Å². The smallest absolute Gasteiger partial charge is 0.387 e. The first-order valence-electron chi connectivity index (χ1n) is 7.32. The number of carbonyl (C=O) groups is 1. The number of nitrogens with zero attached hydrogens (tertiary/aromatic N) is 2. The summed E-state index contributed by atoms with van der Waals surface area (Å²) in [6, 6.07) is 5.87. The van der Waals surface area contributed by atoms with Gasteiger partial charge in [0.1, 0.15) is 17.8 Å². The predicted octanol–water partition coefficient (Wildman–Crippen LogP) is 3.21. The van der Waals surface area contributed by atoms with Crippen molar-refractivity contribution in [2.24, 2.45) is 0 Å². The molecule has 1 heterocycles. The molecule has 23 heavy (non-hydrogen) atoms. The molecule has 7 heteroatoms. The number of amides is 1. The fourth-order valence-corrected chi connectivity index (χ4v) is 2.66. The number of halogens is 2. The quantitative estimate of drug-likeness (QED) is 0.940. The Hall–Kier alpha value is -2.57. The van der Waals surface area contributed by atoms with E-state index in [9.17, 15) is 13.6 Å². The van der Waals surface area contributed by atoms with Gasteiger partial charge < -0.3 is 10.1 Å². The Morgan fingerprint density at radius 3 is 2.87 bits per heavy atom. The number of fused-ring (bicyclic) bond motifs is 1. The van der Waals surface area contributed by atoms with E-state index < -0.39 is 6.61 Å². The van der Waals surface area contributed by atoms with E-state index in [2.05, 4.69) is 20.0 Å². The van der Waals surface area contributed by atoms with Gasteiger partial charge in [-0.05, 0) is 37.8 Å². The number of carbonyl (C=O) groups excluding carboxylic acids is 1. The molecule has 1 aliphatic rings. The zero-order chi connectivity index (χ0) is 16.2. The first kappa shape index (κ1) is 15.3. The van der Waals surface area contributed by atoms with Crippen molar-refractivity contribution in [2.75, 3.05) is 5.32 Å². The van der Waals surface area contributed by atoms with Gasteiger partial charge in [0.05, 0.1) is 0 Å². The van der Waals surface area contributed by atoms with Gasteiger partial charge in [-0.15, -0.1) is 0 Å². The summed E-state index contributed by atoms with van der Waals surface area (Å²) < 4.78 is 28.8. The Morgan fingerprint density at radius 1 is 1.22 bits per heavy atom. The molecule has 0 aliphatic heterocycles. The molecule has 3 rings (SSSR count). The maximum Gasteiger partial charge on any atom is 0.387 e. The molecule has 1 N–H and O–H groups in total. The molecule has 0 unspecified atom stereocenters. The number of hydrogen-bond donors (Lipinski definition) is 1. The highest BCUT2D eigenvalue weighted by atomic mass is 19.3. The van der Waals surface area contributed by atoms with Gasteiger partial charge in [-0.3, -0.25) is 4.79 Å². The molecule has 0 bridgehead atoms. The second-order valence-electron chi connectivity index (χ2n) is 5.22. The van der Waals surface area contributed by atoms with Crippen molar-refractivity contribution < 1.29 is 18.3 Å². The van der Waals surface area contributed by atoms with Crippen LogP contribution in [0, 0.1) is 0 Å². The highest BCUT2D eigenvalue weighted by Gasteiger charge is 2.20. The molecular formula is C16H15F2N3O2. The van der Waals surface area contributed by atoms with E-state index in [-0.39, 0.29) is 11.7 Å². The number of benzene rings is 1. The second kappa shape index (κ2) is 6.68. The third kappa shape index (κ3) is 3.61. The molecule has 0 saturated heterocycles. The lowest BCUT2D eigenvalue weighted by Crippen LogP contribution is -2.20. The van der Waals surface area contributed by atoms with Crippen molar-refractivity contribution in [3.05, 3.63) is 47.5 Å². The average molecular weight is 319 g/mol. The number of alkyl halides is 2. The van der Waals surface area contributed by atoms with Crippen molar-refractivity contribution in [2.45, 2.75) is 32.3 Å². The van der Waals surface area contributed by atoms with Gasteiger partial charge in [0, 0.05) is 23.0 Å². The average Bonchev–Trinajstić information content (AvgIpc) is 2.54. The minimum Gasteiger partial charge on any atom is -0.435 e. The summed E-state index contributed by atoms with van der Waals surface area (Å²) in [5.41, 5.74) is 2.49. The molecule has 1 aromatic carbocycles. The zero-order valence-corrected chi connectivity index (χ0v) is 12.3. The maximum absolute atomic E-state index is 12.4. The summed E-state index contributed by atoms with van der Waals surface area (Å²) in [7, 11) is 0. The second-order valence-corrected chi connectivity index (χ2v) is 5.22. The van der Waals surface area contributed by atoms with Gasteiger partial charge in [0.25, 0.3) is 5.91 Å². The van der Waals surface area contributed by atoms with Gasteiger partial charge in [0.2, 0.25) is 0 Å². The van der Waals surface area contributed by atoms with Gasteiger partial charge in [0.15, 0.2) is 0 Å². The van der Waals surface area contributed by atoms with Gasteiger partial charge in [-0.1, -0.05) is 6.07 Å². The summed E-state index contributed by atoms with van der Waals surface area (Å²) in [5, 5.41) is 2.67.